The van der Waals surface area contributed by atoms with E-state index < -0.39 is 0 Å². The fraction of sp³-hybridized carbons (Fsp3) is 0.600. The van der Waals surface area contributed by atoms with Gasteiger partial charge in [0, 0.05) is 22.2 Å². The van der Waals surface area contributed by atoms with Gasteiger partial charge in [0.15, 0.2) is 0 Å². The highest BCUT2D eigenvalue weighted by Gasteiger charge is 2.40. The summed E-state index contributed by atoms with van der Waals surface area (Å²) < 4.78 is 1.19. The van der Waals surface area contributed by atoms with Crippen LogP contribution in [0.15, 0.2) is 22.7 Å². The molecule has 0 spiro atoms. The standard InChI is InChI=1S/C15H23BrN2/c1-11-9-13(5-6-14(11)16)18-8-7-12(10-17-4)15(18,2)3/h5-6,9,12,17H,7-8,10H2,1-4H3. The molecule has 1 aliphatic heterocycles. The molecule has 3 heteroatoms. The van der Waals surface area contributed by atoms with E-state index in [1.807, 2.05) is 7.05 Å². The average molecular weight is 311 g/mol. The minimum atomic E-state index is 0.225. The second-order valence-electron chi connectivity index (χ2n) is 5.78. The Hall–Kier alpha value is -0.540. The number of aryl methyl sites for hydroxylation is 1. The van der Waals surface area contributed by atoms with Crippen molar-refractivity contribution < 1.29 is 0 Å². The van der Waals surface area contributed by atoms with Crippen molar-refractivity contribution in [2.45, 2.75) is 32.7 Å². The van der Waals surface area contributed by atoms with Crippen molar-refractivity contribution in [3.63, 3.8) is 0 Å². The fourth-order valence-corrected chi connectivity index (χ4v) is 3.25. The molecule has 1 unspecified atom stereocenters. The summed E-state index contributed by atoms with van der Waals surface area (Å²) in [4.78, 5) is 2.55. The zero-order valence-electron chi connectivity index (χ0n) is 11.8. The Kier molecular flexibility index (Phi) is 4.02. The first-order valence-corrected chi connectivity index (χ1v) is 7.44. The van der Waals surface area contributed by atoms with Gasteiger partial charge in [0.05, 0.1) is 0 Å². The third-order valence-electron chi connectivity index (χ3n) is 4.30. The number of nitrogens with one attached hydrogen (secondary N) is 1. The maximum absolute atomic E-state index is 3.57. The van der Waals surface area contributed by atoms with Crippen molar-refractivity contribution >= 4 is 21.6 Å². The molecule has 1 N–H and O–H groups in total. The van der Waals surface area contributed by atoms with Crippen LogP contribution in [-0.2, 0) is 0 Å². The van der Waals surface area contributed by atoms with Crippen LogP contribution in [-0.4, -0.2) is 25.7 Å². The summed E-state index contributed by atoms with van der Waals surface area (Å²) in [6.45, 7) is 9.12. The molecule has 1 aromatic carbocycles. The van der Waals surface area contributed by atoms with Gasteiger partial charge in [-0.2, -0.15) is 0 Å². The molecular weight excluding hydrogens is 288 g/mol. The number of anilines is 1. The van der Waals surface area contributed by atoms with E-state index in [4.69, 9.17) is 0 Å². The van der Waals surface area contributed by atoms with E-state index in [9.17, 15) is 0 Å². The first-order chi connectivity index (χ1) is 8.46. The molecule has 2 nitrogen and oxygen atoms in total. The van der Waals surface area contributed by atoms with Crippen LogP contribution >= 0.6 is 15.9 Å². The largest absolute Gasteiger partial charge is 0.366 e. The molecule has 1 atom stereocenters. The Bertz CT molecular complexity index is 429. The second-order valence-corrected chi connectivity index (χ2v) is 6.64. The molecule has 1 heterocycles. The molecule has 0 aromatic heterocycles. The summed E-state index contributed by atoms with van der Waals surface area (Å²) in [5, 5.41) is 3.32. The number of hydrogen-bond acceptors (Lipinski definition) is 2. The van der Waals surface area contributed by atoms with Gasteiger partial charge in [0.1, 0.15) is 0 Å². The van der Waals surface area contributed by atoms with E-state index in [2.05, 4.69) is 65.1 Å². The van der Waals surface area contributed by atoms with Gasteiger partial charge >= 0.3 is 0 Å². The molecule has 1 saturated heterocycles. The maximum Gasteiger partial charge on any atom is 0.0386 e. The number of hydrogen-bond donors (Lipinski definition) is 1. The second kappa shape index (κ2) is 5.22. The Morgan fingerprint density at radius 2 is 2.17 bits per heavy atom. The zero-order chi connectivity index (χ0) is 13.3. The summed E-state index contributed by atoms with van der Waals surface area (Å²) in [5.41, 5.74) is 2.88. The van der Waals surface area contributed by atoms with Crippen LogP contribution < -0.4 is 10.2 Å². The minimum Gasteiger partial charge on any atom is -0.366 e. The van der Waals surface area contributed by atoms with Gasteiger partial charge in [0.2, 0.25) is 0 Å². The lowest BCUT2D eigenvalue weighted by atomic mass is 9.88. The molecule has 18 heavy (non-hydrogen) atoms. The molecule has 0 amide bonds. The van der Waals surface area contributed by atoms with Crippen LogP contribution in [0.1, 0.15) is 25.8 Å². The van der Waals surface area contributed by atoms with Crippen LogP contribution in [0.4, 0.5) is 5.69 Å². The molecule has 1 fully saturated rings. The highest BCUT2D eigenvalue weighted by Crippen LogP contribution is 2.38. The first-order valence-electron chi connectivity index (χ1n) is 6.65. The molecule has 0 saturated carbocycles. The summed E-state index contributed by atoms with van der Waals surface area (Å²) in [7, 11) is 2.04. The van der Waals surface area contributed by atoms with Gasteiger partial charge in [0.25, 0.3) is 0 Å². The predicted octanol–water partition coefficient (Wildman–Crippen LogP) is 3.58. The summed E-state index contributed by atoms with van der Waals surface area (Å²) in [6.07, 6.45) is 1.27. The van der Waals surface area contributed by atoms with Crippen molar-refractivity contribution in [2.24, 2.45) is 5.92 Å². The predicted molar refractivity (Wildman–Crippen MR) is 82.3 cm³/mol. The molecule has 1 aliphatic rings. The van der Waals surface area contributed by atoms with Gasteiger partial charge in [-0.15, -0.1) is 0 Å². The van der Waals surface area contributed by atoms with Gasteiger partial charge < -0.3 is 10.2 Å². The topological polar surface area (TPSA) is 15.3 Å². The van der Waals surface area contributed by atoms with E-state index in [1.165, 1.54) is 22.1 Å². The quantitative estimate of drug-likeness (QED) is 0.918. The highest BCUT2D eigenvalue weighted by atomic mass is 79.9. The van der Waals surface area contributed by atoms with Crippen molar-refractivity contribution in [2.75, 3.05) is 25.0 Å². The Labute approximate surface area is 119 Å². The van der Waals surface area contributed by atoms with Crippen molar-refractivity contribution in [1.82, 2.24) is 5.32 Å². The lowest BCUT2D eigenvalue weighted by Gasteiger charge is -2.38. The minimum absolute atomic E-state index is 0.225. The number of benzene rings is 1. The van der Waals surface area contributed by atoms with Crippen LogP contribution in [0, 0.1) is 12.8 Å². The molecule has 2 rings (SSSR count). The van der Waals surface area contributed by atoms with Crippen LogP contribution in [0.2, 0.25) is 0 Å². The summed E-state index contributed by atoms with van der Waals surface area (Å²) in [5.74, 6) is 0.714. The number of rotatable bonds is 3. The van der Waals surface area contributed by atoms with E-state index >= 15 is 0 Å². The third kappa shape index (κ3) is 2.43. The summed E-state index contributed by atoms with van der Waals surface area (Å²) >= 11 is 3.57. The zero-order valence-corrected chi connectivity index (χ0v) is 13.3. The van der Waals surface area contributed by atoms with E-state index in [0.29, 0.717) is 5.92 Å². The van der Waals surface area contributed by atoms with Crippen molar-refractivity contribution in [3.8, 4) is 0 Å². The van der Waals surface area contributed by atoms with Crippen molar-refractivity contribution in [3.05, 3.63) is 28.2 Å². The third-order valence-corrected chi connectivity index (χ3v) is 5.19. The normalized spacial score (nSPS) is 22.5. The number of nitrogens with zero attached hydrogens (tertiary/aromatic N) is 1. The van der Waals surface area contributed by atoms with Crippen LogP contribution in [0.5, 0.6) is 0 Å². The fourth-order valence-electron chi connectivity index (χ4n) is 3.00. The van der Waals surface area contributed by atoms with E-state index in [1.54, 1.807) is 0 Å². The maximum atomic E-state index is 3.57. The van der Waals surface area contributed by atoms with Gasteiger partial charge in [-0.3, -0.25) is 0 Å². The van der Waals surface area contributed by atoms with Gasteiger partial charge in [-0.1, -0.05) is 15.9 Å². The molecule has 0 aliphatic carbocycles. The molecule has 100 valence electrons. The lowest BCUT2D eigenvalue weighted by Crippen LogP contribution is -2.45. The van der Waals surface area contributed by atoms with Gasteiger partial charge in [-0.25, -0.2) is 0 Å². The SMILES string of the molecule is CNCC1CCN(c2ccc(Br)c(C)c2)C1(C)C. The monoisotopic (exact) mass is 310 g/mol. The lowest BCUT2D eigenvalue weighted by molar-refractivity contribution is 0.356. The summed E-state index contributed by atoms with van der Waals surface area (Å²) in [6, 6.07) is 6.67. The van der Waals surface area contributed by atoms with Gasteiger partial charge in [-0.05, 0) is 70.5 Å². The first kappa shape index (κ1) is 13.9. The smallest absolute Gasteiger partial charge is 0.0386 e. The molecule has 0 radical (unpaired) electrons. The molecule has 1 aromatic rings. The average Bonchev–Trinajstić information content (AvgIpc) is 2.60. The van der Waals surface area contributed by atoms with E-state index in [0.717, 1.165) is 13.1 Å². The Morgan fingerprint density at radius 1 is 1.44 bits per heavy atom. The molecule has 0 bridgehead atoms. The Morgan fingerprint density at radius 3 is 2.78 bits per heavy atom. The Balaban J connectivity index is 2.26. The molecular formula is C15H23BrN2. The number of halogens is 1. The highest BCUT2D eigenvalue weighted by molar-refractivity contribution is 9.10. The van der Waals surface area contributed by atoms with Crippen LogP contribution in [0.25, 0.3) is 0 Å². The van der Waals surface area contributed by atoms with Crippen LogP contribution in [0.3, 0.4) is 0 Å². The van der Waals surface area contributed by atoms with E-state index in [-0.39, 0.29) is 5.54 Å². The van der Waals surface area contributed by atoms with Crippen molar-refractivity contribution in [1.29, 1.82) is 0 Å².